The van der Waals surface area contributed by atoms with Crippen molar-refractivity contribution in [2.75, 3.05) is 11.1 Å². The van der Waals surface area contributed by atoms with Gasteiger partial charge in [-0.1, -0.05) is 47.6 Å². The number of carbonyl (C=O) groups is 1. The summed E-state index contributed by atoms with van der Waals surface area (Å²) in [6, 6.07) is 20.9. The molecule has 4 aromatic rings. The summed E-state index contributed by atoms with van der Waals surface area (Å²) in [5.41, 5.74) is 1.66. The minimum absolute atomic E-state index is 0.118. The largest absolute Gasteiger partial charge is 0.325 e. The molecule has 0 aliphatic carbocycles. The second-order valence-electron chi connectivity index (χ2n) is 5.80. The van der Waals surface area contributed by atoms with Gasteiger partial charge < -0.3 is 5.32 Å². The number of aromatic nitrogens is 3. The average molecular weight is 427 g/mol. The molecule has 0 atom stereocenters. The SMILES string of the molecule is O=C(CSc1nnc(-c2cccs2)n1-c1ccccc1)Nc1ccc(Cl)cc1. The molecule has 0 spiro atoms. The van der Waals surface area contributed by atoms with Crippen LogP contribution in [0.3, 0.4) is 0 Å². The van der Waals surface area contributed by atoms with Gasteiger partial charge in [-0.3, -0.25) is 9.36 Å². The van der Waals surface area contributed by atoms with Gasteiger partial charge in [-0.2, -0.15) is 0 Å². The van der Waals surface area contributed by atoms with Crippen LogP contribution in [0.4, 0.5) is 5.69 Å². The first-order valence-corrected chi connectivity index (χ1v) is 10.7. The van der Waals surface area contributed by atoms with Crippen LogP contribution in [0.1, 0.15) is 0 Å². The number of hydrogen-bond donors (Lipinski definition) is 1. The Labute approximate surface area is 175 Å². The molecule has 2 heterocycles. The first-order valence-electron chi connectivity index (χ1n) is 8.43. The summed E-state index contributed by atoms with van der Waals surface area (Å²) in [6.45, 7) is 0. The number of hydrogen-bond acceptors (Lipinski definition) is 5. The lowest BCUT2D eigenvalue weighted by Gasteiger charge is -2.09. The predicted molar refractivity (Wildman–Crippen MR) is 115 cm³/mol. The smallest absolute Gasteiger partial charge is 0.234 e. The Morgan fingerprint density at radius 2 is 1.82 bits per heavy atom. The summed E-state index contributed by atoms with van der Waals surface area (Å²) in [7, 11) is 0. The van der Waals surface area contributed by atoms with Crippen molar-refractivity contribution in [3.8, 4) is 16.4 Å². The highest BCUT2D eigenvalue weighted by Crippen LogP contribution is 2.30. The average Bonchev–Trinajstić information content (AvgIpc) is 3.38. The van der Waals surface area contributed by atoms with Gasteiger partial charge in [0.25, 0.3) is 0 Å². The van der Waals surface area contributed by atoms with E-state index in [1.807, 2.05) is 52.4 Å². The summed E-state index contributed by atoms with van der Waals surface area (Å²) in [6.07, 6.45) is 0. The molecular weight excluding hydrogens is 412 g/mol. The monoisotopic (exact) mass is 426 g/mol. The van der Waals surface area contributed by atoms with Crippen molar-refractivity contribution in [2.24, 2.45) is 0 Å². The van der Waals surface area contributed by atoms with E-state index in [1.165, 1.54) is 11.8 Å². The fraction of sp³-hybridized carbons (Fsp3) is 0.0500. The van der Waals surface area contributed by atoms with Crippen molar-refractivity contribution in [3.05, 3.63) is 77.1 Å². The van der Waals surface area contributed by atoms with E-state index in [0.717, 1.165) is 16.4 Å². The van der Waals surface area contributed by atoms with Gasteiger partial charge in [0.2, 0.25) is 5.91 Å². The van der Waals surface area contributed by atoms with Gasteiger partial charge in [-0.05, 0) is 47.8 Å². The number of carbonyl (C=O) groups excluding carboxylic acids is 1. The quantitative estimate of drug-likeness (QED) is 0.420. The van der Waals surface area contributed by atoms with Crippen LogP contribution in [0.5, 0.6) is 0 Å². The highest BCUT2D eigenvalue weighted by molar-refractivity contribution is 7.99. The zero-order valence-corrected chi connectivity index (χ0v) is 17.0. The number of rotatable bonds is 6. The highest BCUT2D eigenvalue weighted by Gasteiger charge is 2.17. The van der Waals surface area contributed by atoms with Crippen LogP contribution in [0.2, 0.25) is 5.02 Å². The standard InChI is InChI=1S/C20H15ClN4OS2/c21-14-8-10-15(11-9-14)22-18(26)13-28-20-24-23-19(17-7-4-12-27-17)25(20)16-5-2-1-3-6-16/h1-12H,13H2,(H,22,26). The maximum Gasteiger partial charge on any atom is 0.234 e. The van der Waals surface area contributed by atoms with Crippen molar-refractivity contribution in [1.29, 1.82) is 0 Å². The van der Waals surface area contributed by atoms with Gasteiger partial charge in [0.15, 0.2) is 11.0 Å². The number of nitrogens with one attached hydrogen (secondary N) is 1. The lowest BCUT2D eigenvalue weighted by atomic mass is 10.3. The Morgan fingerprint density at radius 1 is 1.04 bits per heavy atom. The molecule has 2 aromatic carbocycles. The Hall–Kier alpha value is -2.61. The van der Waals surface area contributed by atoms with Gasteiger partial charge in [-0.15, -0.1) is 21.5 Å². The van der Waals surface area contributed by atoms with E-state index < -0.39 is 0 Å². The number of benzene rings is 2. The number of anilines is 1. The Balaban J connectivity index is 1.54. The van der Waals surface area contributed by atoms with E-state index in [2.05, 4.69) is 15.5 Å². The first-order chi connectivity index (χ1) is 13.7. The molecule has 0 fully saturated rings. The molecule has 1 amide bonds. The summed E-state index contributed by atoms with van der Waals surface area (Å²) in [5, 5.41) is 14.8. The molecule has 0 aliphatic heterocycles. The molecule has 140 valence electrons. The topological polar surface area (TPSA) is 59.8 Å². The molecule has 0 radical (unpaired) electrons. The fourth-order valence-corrected chi connectivity index (χ4v) is 4.18. The van der Waals surface area contributed by atoms with Crippen LogP contribution < -0.4 is 5.32 Å². The van der Waals surface area contributed by atoms with Crippen LogP contribution in [-0.2, 0) is 4.79 Å². The molecule has 0 saturated heterocycles. The lowest BCUT2D eigenvalue weighted by Crippen LogP contribution is -2.14. The van der Waals surface area contributed by atoms with Gasteiger partial charge in [0, 0.05) is 16.4 Å². The molecule has 0 unspecified atom stereocenters. The number of nitrogens with zero attached hydrogens (tertiary/aromatic N) is 3. The molecule has 2 aromatic heterocycles. The maximum atomic E-state index is 12.3. The van der Waals surface area contributed by atoms with Crippen molar-refractivity contribution in [1.82, 2.24) is 14.8 Å². The first kappa shape index (κ1) is 18.7. The number of amides is 1. The highest BCUT2D eigenvalue weighted by atomic mass is 35.5. The van der Waals surface area contributed by atoms with E-state index in [9.17, 15) is 4.79 Å². The van der Waals surface area contributed by atoms with E-state index in [1.54, 1.807) is 35.6 Å². The zero-order chi connectivity index (χ0) is 19.3. The van der Waals surface area contributed by atoms with Crippen molar-refractivity contribution in [2.45, 2.75) is 5.16 Å². The fourth-order valence-electron chi connectivity index (χ4n) is 2.60. The van der Waals surface area contributed by atoms with Crippen LogP contribution in [0, 0.1) is 0 Å². The molecular formula is C20H15ClN4OS2. The second kappa shape index (κ2) is 8.60. The van der Waals surface area contributed by atoms with E-state index in [-0.39, 0.29) is 11.7 Å². The number of para-hydroxylation sites is 1. The van der Waals surface area contributed by atoms with Crippen LogP contribution in [-0.4, -0.2) is 26.4 Å². The summed E-state index contributed by atoms with van der Waals surface area (Å²) in [4.78, 5) is 13.4. The predicted octanol–water partition coefficient (Wildman–Crippen LogP) is 5.38. The van der Waals surface area contributed by atoms with Crippen LogP contribution in [0.15, 0.2) is 77.3 Å². The molecule has 28 heavy (non-hydrogen) atoms. The number of thiophene rings is 1. The molecule has 0 aliphatic rings. The number of halogens is 1. The Morgan fingerprint density at radius 3 is 2.54 bits per heavy atom. The minimum Gasteiger partial charge on any atom is -0.325 e. The third-order valence-electron chi connectivity index (χ3n) is 3.85. The van der Waals surface area contributed by atoms with E-state index in [4.69, 9.17) is 11.6 Å². The van der Waals surface area contributed by atoms with Gasteiger partial charge in [-0.25, -0.2) is 0 Å². The van der Waals surface area contributed by atoms with Crippen molar-refractivity contribution >= 4 is 46.3 Å². The maximum absolute atomic E-state index is 12.3. The van der Waals surface area contributed by atoms with Gasteiger partial charge in [0.1, 0.15) is 0 Å². The third-order valence-corrected chi connectivity index (χ3v) is 5.90. The molecule has 0 saturated carbocycles. The molecule has 5 nitrogen and oxygen atoms in total. The molecule has 0 bridgehead atoms. The van der Waals surface area contributed by atoms with E-state index >= 15 is 0 Å². The lowest BCUT2D eigenvalue weighted by molar-refractivity contribution is -0.113. The molecule has 4 rings (SSSR count). The van der Waals surface area contributed by atoms with Gasteiger partial charge in [0.05, 0.1) is 10.6 Å². The van der Waals surface area contributed by atoms with Crippen LogP contribution >= 0.6 is 34.7 Å². The van der Waals surface area contributed by atoms with Crippen molar-refractivity contribution < 1.29 is 4.79 Å². The van der Waals surface area contributed by atoms with Gasteiger partial charge >= 0.3 is 0 Å². The second-order valence-corrected chi connectivity index (χ2v) is 8.12. The Kier molecular flexibility index (Phi) is 5.76. The minimum atomic E-state index is -0.118. The van der Waals surface area contributed by atoms with Crippen molar-refractivity contribution in [3.63, 3.8) is 0 Å². The molecule has 8 heteroatoms. The summed E-state index contributed by atoms with van der Waals surface area (Å²) in [5.74, 6) is 0.868. The summed E-state index contributed by atoms with van der Waals surface area (Å²) >= 11 is 8.82. The summed E-state index contributed by atoms with van der Waals surface area (Å²) < 4.78 is 1.98. The van der Waals surface area contributed by atoms with E-state index in [0.29, 0.717) is 15.9 Å². The molecule has 1 N–H and O–H groups in total. The zero-order valence-electron chi connectivity index (χ0n) is 14.6. The van der Waals surface area contributed by atoms with Crippen LogP contribution in [0.25, 0.3) is 16.4 Å². The number of thioether (sulfide) groups is 1. The normalized spacial score (nSPS) is 10.8. The third kappa shape index (κ3) is 4.27. The Bertz CT molecular complexity index is 1060.